The number of hydrogen-bond acceptors (Lipinski definition) is 2. The van der Waals surface area contributed by atoms with Gasteiger partial charge in [-0.2, -0.15) is 0 Å². The van der Waals surface area contributed by atoms with Crippen LogP contribution in [0.3, 0.4) is 0 Å². The Bertz CT molecular complexity index is 3710. The molecule has 0 unspecified atom stereocenters. The third-order valence-corrected chi connectivity index (χ3v) is 14.4. The summed E-state index contributed by atoms with van der Waals surface area (Å²) in [4.78, 5) is 2.47. The first-order valence-corrected chi connectivity index (χ1v) is 21.8. The van der Waals surface area contributed by atoms with Crippen LogP contribution in [-0.4, -0.2) is 0 Å². The molecule has 294 valence electrons. The minimum absolute atomic E-state index is 0.123. The Labute approximate surface area is 361 Å². The number of nitrogens with zero attached hydrogens (tertiary/aromatic N) is 1. The van der Waals surface area contributed by atoms with Crippen LogP contribution in [0.1, 0.15) is 49.9 Å². The van der Waals surface area contributed by atoms with E-state index in [0.717, 1.165) is 44.6 Å². The highest BCUT2D eigenvalue weighted by Gasteiger charge is 2.37. The fraction of sp³-hybridized carbons (Fsp3) is 0.100. The third kappa shape index (κ3) is 4.75. The molecule has 0 aliphatic heterocycles. The van der Waals surface area contributed by atoms with Gasteiger partial charge < -0.3 is 9.32 Å². The Morgan fingerprint density at radius 2 is 0.903 bits per heavy atom. The summed E-state index contributed by atoms with van der Waals surface area (Å²) in [6.07, 6.45) is 0. The minimum Gasteiger partial charge on any atom is -0.453 e. The molecule has 13 rings (SSSR count). The van der Waals surface area contributed by atoms with Crippen LogP contribution >= 0.6 is 0 Å². The van der Waals surface area contributed by atoms with E-state index in [9.17, 15) is 0 Å². The van der Waals surface area contributed by atoms with Crippen molar-refractivity contribution in [1.82, 2.24) is 0 Å². The molecular formula is C60H43NO. The van der Waals surface area contributed by atoms with E-state index in [1.54, 1.807) is 0 Å². The Balaban J connectivity index is 1.10. The van der Waals surface area contributed by atoms with Crippen LogP contribution < -0.4 is 4.90 Å². The molecule has 62 heavy (non-hydrogen) atoms. The van der Waals surface area contributed by atoms with Gasteiger partial charge in [0.2, 0.25) is 0 Å². The molecule has 0 amide bonds. The Hall–Kier alpha value is -7.42. The van der Waals surface area contributed by atoms with Crippen molar-refractivity contribution in [2.45, 2.75) is 38.5 Å². The second-order valence-electron chi connectivity index (χ2n) is 18.4. The highest BCUT2D eigenvalue weighted by Crippen LogP contribution is 2.54. The maximum Gasteiger partial charge on any atom is 0.159 e. The topological polar surface area (TPSA) is 16.4 Å². The Morgan fingerprint density at radius 1 is 0.355 bits per heavy atom. The number of furan rings is 1. The van der Waals surface area contributed by atoms with Crippen molar-refractivity contribution in [3.05, 3.63) is 210 Å². The van der Waals surface area contributed by atoms with Crippen LogP contribution in [0.2, 0.25) is 0 Å². The zero-order valence-corrected chi connectivity index (χ0v) is 35.3. The van der Waals surface area contributed by atoms with Crippen LogP contribution in [0.4, 0.5) is 17.1 Å². The summed E-state index contributed by atoms with van der Waals surface area (Å²) in [5, 5.41) is 9.47. The van der Waals surface area contributed by atoms with Crippen LogP contribution in [0, 0.1) is 0 Å². The van der Waals surface area contributed by atoms with E-state index in [2.05, 4.69) is 221 Å². The maximum atomic E-state index is 7.48. The number of hydrogen-bond donors (Lipinski definition) is 0. The van der Waals surface area contributed by atoms with E-state index in [0.29, 0.717) is 0 Å². The van der Waals surface area contributed by atoms with E-state index in [4.69, 9.17) is 4.42 Å². The molecule has 0 fully saturated rings. The van der Waals surface area contributed by atoms with Gasteiger partial charge in [0.05, 0.1) is 11.4 Å². The summed E-state index contributed by atoms with van der Waals surface area (Å²) in [5.41, 5.74) is 17.7. The summed E-state index contributed by atoms with van der Waals surface area (Å²) in [7, 11) is 0. The highest BCUT2D eigenvalue weighted by atomic mass is 16.3. The lowest BCUT2D eigenvalue weighted by molar-refractivity contribution is 0.660. The highest BCUT2D eigenvalue weighted by molar-refractivity contribution is 6.21. The number of para-hydroxylation sites is 1. The zero-order chi connectivity index (χ0) is 41.5. The molecular weight excluding hydrogens is 751 g/mol. The molecule has 0 N–H and O–H groups in total. The molecule has 0 atom stereocenters. The van der Waals surface area contributed by atoms with Gasteiger partial charge in [-0.25, -0.2) is 0 Å². The first kappa shape index (κ1) is 35.3. The van der Waals surface area contributed by atoms with Gasteiger partial charge in [-0.05, 0) is 113 Å². The smallest absolute Gasteiger partial charge is 0.159 e. The second-order valence-corrected chi connectivity index (χ2v) is 18.4. The first-order valence-electron chi connectivity index (χ1n) is 21.8. The van der Waals surface area contributed by atoms with Gasteiger partial charge >= 0.3 is 0 Å². The lowest BCUT2D eigenvalue weighted by atomic mass is 9.81. The molecule has 0 saturated carbocycles. The third-order valence-electron chi connectivity index (χ3n) is 14.4. The van der Waals surface area contributed by atoms with Gasteiger partial charge in [0.25, 0.3) is 0 Å². The first-order chi connectivity index (χ1) is 30.3. The summed E-state index contributed by atoms with van der Waals surface area (Å²) < 4.78 is 7.48. The molecule has 2 aliphatic carbocycles. The van der Waals surface area contributed by atoms with E-state index in [-0.39, 0.29) is 10.8 Å². The summed E-state index contributed by atoms with van der Waals surface area (Å²) in [6.45, 7) is 9.44. The second kappa shape index (κ2) is 12.6. The average Bonchev–Trinajstić information content (AvgIpc) is 3.88. The summed E-state index contributed by atoms with van der Waals surface area (Å²) >= 11 is 0. The van der Waals surface area contributed by atoms with Crippen LogP contribution in [0.5, 0.6) is 0 Å². The van der Waals surface area contributed by atoms with Crippen molar-refractivity contribution in [3.63, 3.8) is 0 Å². The van der Waals surface area contributed by atoms with Gasteiger partial charge in [-0.3, -0.25) is 0 Å². The molecule has 2 aliphatic rings. The predicted molar refractivity (Wildman–Crippen MR) is 261 cm³/mol. The predicted octanol–water partition coefficient (Wildman–Crippen LogP) is 16.8. The molecule has 10 aromatic carbocycles. The van der Waals surface area contributed by atoms with Gasteiger partial charge in [0, 0.05) is 38.2 Å². The van der Waals surface area contributed by atoms with Gasteiger partial charge in [0.1, 0.15) is 5.58 Å². The fourth-order valence-corrected chi connectivity index (χ4v) is 11.4. The number of benzene rings is 10. The van der Waals surface area contributed by atoms with Crippen LogP contribution in [-0.2, 0) is 10.8 Å². The van der Waals surface area contributed by atoms with Crippen molar-refractivity contribution in [3.8, 4) is 33.4 Å². The van der Waals surface area contributed by atoms with Crippen molar-refractivity contribution < 1.29 is 4.42 Å². The molecule has 2 nitrogen and oxygen atoms in total. The van der Waals surface area contributed by atoms with Crippen molar-refractivity contribution in [2.75, 3.05) is 4.90 Å². The maximum absolute atomic E-state index is 7.48. The van der Waals surface area contributed by atoms with E-state index in [1.807, 2.05) is 0 Å². The normalized spacial score (nSPS) is 14.4. The molecule has 11 aromatic rings. The molecule has 1 heterocycles. The minimum atomic E-state index is -0.161. The largest absolute Gasteiger partial charge is 0.453 e. The van der Waals surface area contributed by atoms with E-state index < -0.39 is 0 Å². The van der Waals surface area contributed by atoms with Gasteiger partial charge in [-0.15, -0.1) is 0 Å². The van der Waals surface area contributed by atoms with Crippen molar-refractivity contribution >= 4 is 71.3 Å². The van der Waals surface area contributed by atoms with E-state index in [1.165, 1.54) is 82.4 Å². The standard InChI is InChI=1S/C60H43NO/c1-59(2)50-25-13-11-21-43(50)45-30-28-38(33-52(45)59)56-41-19-8-6-16-36(41)32-49-48-24-15-27-54(57(48)62-58(49)56)61(55-34-37-17-5-7-18-40(37)42-20-9-10-23-47(42)55)39-29-31-46-44-22-12-14-26-51(44)60(3,4)53(46)35-39/h5-35H,1-4H3. The molecule has 1 aromatic heterocycles. The van der Waals surface area contributed by atoms with Crippen molar-refractivity contribution in [2.24, 2.45) is 0 Å². The summed E-state index contributed by atoms with van der Waals surface area (Å²) in [5.74, 6) is 0. The van der Waals surface area contributed by atoms with Gasteiger partial charge in [-0.1, -0.05) is 179 Å². The fourth-order valence-electron chi connectivity index (χ4n) is 11.4. The number of anilines is 3. The van der Waals surface area contributed by atoms with Crippen molar-refractivity contribution in [1.29, 1.82) is 0 Å². The monoisotopic (exact) mass is 793 g/mol. The quantitative estimate of drug-likeness (QED) is 0.165. The van der Waals surface area contributed by atoms with E-state index >= 15 is 0 Å². The number of rotatable bonds is 4. The lowest BCUT2D eigenvalue weighted by Gasteiger charge is -2.29. The Morgan fingerprint density at radius 3 is 1.63 bits per heavy atom. The average molecular weight is 794 g/mol. The summed E-state index contributed by atoms with van der Waals surface area (Å²) in [6, 6.07) is 69.8. The Kier molecular flexibility index (Phi) is 7.16. The zero-order valence-electron chi connectivity index (χ0n) is 35.3. The molecule has 0 radical (unpaired) electrons. The van der Waals surface area contributed by atoms with Crippen LogP contribution in [0.15, 0.2) is 192 Å². The van der Waals surface area contributed by atoms with Crippen LogP contribution in [0.25, 0.3) is 87.6 Å². The van der Waals surface area contributed by atoms with Gasteiger partial charge in [0.15, 0.2) is 5.58 Å². The molecule has 2 heteroatoms. The molecule has 0 bridgehead atoms. The molecule has 0 saturated heterocycles. The SMILES string of the molecule is CC1(C)c2ccccc2-c2ccc(-c3c4ccccc4cc4c3oc3c(N(c5ccc6c(c5)C(C)(C)c5ccccc5-6)c5cc6ccccc6c6ccccc56)cccc34)cc21. The lowest BCUT2D eigenvalue weighted by Crippen LogP contribution is -2.16. The molecule has 0 spiro atoms. The number of fused-ring (bicyclic) bond motifs is 13.